The molecular formula is C16H24. The van der Waals surface area contributed by atoms with Crippen molar-refractivity contribution in [2.24, 2.45) is 17.8 Å². The van der Waals surface area contributed by atoms with Crippen molar-refractivity contribution in [3.05, 3.63) is 34.4 Å². The summed E-state index contributed by atoms with van der Waals surface area (Å²) < 4.78 is 0. The van der Waals surface area contributed by atoms with Gasteiger partial charge in [0.25, 0.3) is 0 Å². The molecule has 0 heteroatoms. The predicted octanol–water partition coefficient (Wildman–Crippen LogP) is 4.89. The van der Waals surface area contributed by atoms with Crippen LogP contribution in [-0.4, -0.2) is 0 Å². The summed E-state index contributed by atoms with van der Waals surface area (Å²) in [5.74, 6) is 2.16. The monoisotopic (exact) mass is 216 g/mol. The van der Waals surface area contributed by atoms with Crippen molar-refractivity contribution in [3.8, 4) is 0 Å². The van der Waals surface area contributed by atoms with Gasteiger partial charge in [0.1, 0.15) is 0 Å². The molecule has 0 aromatic rings. The molecule has 0 amide bonds. The van der Waals surface area contributed by atoms with E-state index < -0.39 is 0 Å². The summed E-state index contributed by atoms with van der Waals surface area (Å²) in [4.78, 5) is 0. The lowest BCUT2D eigenvalue weighted by atomic mass is 9.90. The zero-order chi connectivity index (χ0) is 11.9. The lowest BCUT2D eigenvalue weighted by Crippen LogP contribution is -2.01. The van der Waals surface area contributed by atoms with E-state index in [4.69, 9.17) is 0 Å². The van der Waals surface area contributed by atoms with Gasteiger partial charge in [0, 0.05) is 5.92 Å². The van der Waals surface area contributed by atoms with Crippen LogP contribution in [0.4, 0.5) is 0 Å². The lowest BCUT2D eigenvalue weighted by molar-refractivity contribution is 0.684. The summed E-state index contributed by atoms with van der Waals surface area (Å²) in [5, 5.41) is 0. The number of allylic oxidation sites excluding steroid dienone is 6. The molecule has 0 nitrogen and oxygen atoms in total. The van der Waals surface area contributed by atoms with Crippen LogP contribution in [0.25, 0.3) is 0 Å². The van der Waals surface area contributed by atoms with Gasteiger partial charge in [-0.1, -0.05) is 44.1 Å². The van der Waals surface area contributed by atoms with Gasteiger partial charge in [-0.05, 0) is 49.7 Å². The lowest BCUT2D eigenvalue weighted by Gasteiger charge is -2.15. The summed E-state index contributed by atoms with van der Waals surface area (Å²) >= 11 is 0. The van der Waals surface area contributed by atoms with E-state index in [1.807, 2.05) is 0 Å². The third-order valence-electron chi connectivity index (χ3n) is 4.25. The quantitative estimate of drug-likeness (QED) is 0.585. The van der Waals surface area contributed by atoms with Gasteiger partial charge in [-0.3, -0.25) is 0 Å². The molecule has 1 fully saturated rings. The van der Waals surface area contributed by atoms with Crippen LogP contribution in [0.3, 0.4) is 0 Å². The topological polar surface area (TPSA) is 0 Å². The van der Waals surface area contributed by atoms with Crippen molar-refractivity contribution in [2.75, 3.05) is 0 Å². The Kier molecular flexibility index (Phi) is 3.10. The minimum atomic E-state index is 0.642. The maximum Gasteiger partial charge on any atom is 0.00135 e. The van der Waals surface area contributed by atoms with Gasteiger partial charge in [0.2, 0.25) is 0 Å². The van der Waals surface area contributed by atoms with E-state index in [1.54, 1.807) is 16.7 Å². The number of rotatable bonds is 1. The highest BCUT2D eigenvalue weighted by Gasteiger charge is 2.30. The Morgan fingerprint density at radius 1 is 1.12 bits per heavy atom. The fourth-order valence-corrected chi connectivity index (χ4v) is 3.27. The summed E-state index contributed by atoms with van der Waals surface area (Å²) in [7, 11) is 0. The standard InChI is InChI=1S/C16H24/c1-10(2)15-9-16-11(3)6-7-14(16)12(4)8-13(15)5/h8-11,14H,6-7H2,1-5H3. The summed E-state index contributed by atoms with van der Waals surface area (Å²) in [5.41, 5.74) is 6.28. The van der Waals surface area contributed by atoms with Crippen LogP contribution in [0.15, 0.2) is 34.4 Å². The Morgan fingerprint density at radius 3 is 2.44 bits per heavy atom. The fraction of sp³-hybridized carbons (Fsp3) is 0.625. The minimum Gasteiger partial charge on any atom is -0.0659 e. The van der Waals surface area contributed by atoms with Gasteiger partial charge in [-0.15, -0.1) is 0 Å². The minimum absolute atomic E-state index is 0.642. The summed E-state index contributed by atoms with van der Waals surface area (Å²) in [6.07, 6.45) is 7.65. The van der Waals surface area contributed by atoms with Crippen molar-refractivity contribution < 1.29 is 0 Å². The Labute approximate surface area is 100 Å². The van der Waals surface area contributed by atoms with Crippen molar-refractivity contribution in [1.29, 1.82) is 0 Å². The first-order valence-corrected chi connectivity index (χ1v) is 6.61. The predicted molar refractivity (Wildman–Crippen MR) is 71.3 cm³/mol. The largest absolute Gasteiger partial charge is 0.0659 e. The maximum absolute atomic E-state index is 2.51. The summed E-state index contributed by atoms with van der Waals surface area (Å²) in [6, 6.07) is 0. The zero-order valence-corrected chi connectivity index (χ0v) is 11.3. The molecule has 2 aliphatic rings. The first-order chi connectivity index (χ1) is 7.50. The van der Waals surface area contributed by atoms with E-state index in [0.717, 1.165) is 11.8 Å². The third-order valence-corrected chi connectivity index (χ3v) is 4.25. The van der Waals surface area contributed by atoms with Crippen LogP contribution in [0.2, 0.25) is 0 Å². The van der Waals surface area contributed by atoms with Crippen molar-refractivity contribution in [1.82, 2.24) is 0 Å². The molecule has 0 heterocycles. The molecule has 1 saturated carbocycles. The van der Waals surface area contributed by atoms with Crippen molar-refractivity contribution >= 4 is 0 Å². The van der Waals surface area contributed by atoms with Crippen LogP contribution < -0.4 is 0 Å². The Morgan fingerprint density at radius 2 is 1.81 bits per heavy atom. The molecule has 2 unspecified atom stereocenters. The third kappa shape index (κ3) is 1.90. The Bertz CT molecular complexity index is 377. The number of hydrogen-bond donors (Lipinski definition) is 0. The van der Waals surface area contributed by atoms with E-state index in [9.17, 15) is 0 Å². The smallest absolute Gasteiger partial charge is 0.00135 e. The molecule has 2 aliphatic carbocycles. The molecule has 0 aromatic carbocycles. The molecule has 0 spiro atoms. The molecule has 16 heavy (non-hydrogen) atoms. The molecule has 88 valence electrons. The van der Waals surface area contributed by atoms with E-state index in [0.29, 0.717) is 5.92 Å². The van der Waals surface area contributed by atoms with Gasteiger partial charge in [0.15, 0.2) is 0 Å². The van der Waals surface area contributed by atoms with Crippen LogP contribution in [-0.2, 0) is 0 Å². The molecule has 0 aromatic heterocycles. The summed E-state index contributed by atoms with van der Waals surface area (Å²) in [6.45, 7) is 11.6. The molecule has 0 bridgehead atoms. The molecule has 0 N–H and O–H groups in total. The van der Waals surface area contributed by atoms with Gasteiger partial charge in [0.05, 0.1) is 0 Å². The van der Waals surface area contributed by atoms with Crippen LogP contribution in [0.1, 0.15) is 47.5 Å². The number of fused-ring (bicyclic) bond motifs is 1. The molecule has 0 radical (unpaired) electrons. The fourth-order valence-electron chi connectivity index (χ4n) is 3.27. The van der Waals surface area contributed by atoms with Crippen LogP contribution in [0.5, 0.6) is 0 Å². The average molecular weight is 216 g/mol. The van der Waals surface area contributed by atoms with Crippen molar-refractivity contribution in [2.45, 2.75) is 47.5 Å². The van der Waals surface area contributed by atoms with Crippen molar-refractivity contribution in [3.63, 3.8) is 0 Å². The van der Waals surface area contributed by atoms with E-state index in [2.05, 4.69) is 46.8 Å². The van der Waals surface area contributed by atoms with E-state index in [1.165, 1.54) is 18.4 Å². The number of hydrogen-bond acceptors (Lipinski definition) is 0. The zero-order valence-electron chi connectivity index (χ0n) is 11.3. The molecule has 2 atom stereocenters. The molecule has 0 saturated heterocycles. The average Bonchev–Trinajstić information content (AvgIpc) is 2.49. The van der Waals surface area contributed by atoms with Gasteiger partial charge >= 0.3 is 0 Å². The van der Waals surface area contributed by atoms with Crippen LogP contribution in [0, 0.1) is 17.8 Å². The molecule has 0 aliphatic heterocycles. The SMILES string of the molecule is CC1=CC(C)=C(C(C)C)C=C2C(C)CCC12. The van der Waals surface area contributed by atoms with E-state index in [-0.39, 0.29) is 0 Å². The first kappa shape index (κ1) is 11.7. The highest BCUT2D eigenvalue weighted by molar-refractivity contribution is 5.44. The molecule has 2 rings (SSSR count). The molecular weight excluding hydrogens is 192 g/mol. The second-order valence-electron chi connectivity index (χ2n) is 5.86. The van der Waals surface area contributed by atoms with E-state index >= 15 is 0 Å². The van der Waals surface area contributed by atoms with Crippen LogP contribution >= 0.6 is 0 Å². The Hall–Kier alpha value is -0.780. The maximum atomic E-state index is 2.51. The Balaban J connectivity index is 2.50. The second kappa shape index (κ2) is 4.24. The normalized spacial score (nSPS) is 30.1. The highest BCUT2D eigenvalue weighted by Crippen LogP contribution is 2.43. The highest BCUT2D eigenvalue weighted by atomic mass is 14.3. The first-order valence-electron chi connectivity index (χ1n) is 6.61. The second-order valence-corrected chi connectivity index (χ2v) is 5.86. The van der Waals surface area contributed by atoms with Gasteiger partial charge < -0.3 is 0 Å². The van der Waals surface area contributed by atoms with Gasteiger partial charge in [-0.25, -0.2) is 0 Å². The van der Waals surface area contributed by atoms with Gasteiger partial charge in [-0.2, -0.15) is 0 Å².